The van der Waals surface area contributed by atoms with E-state index in [9.17, 15) is 0 Å². The van der Waals surface area contributed by atoms with Crippen molar-refractivity contribution in [2.45, 2.75) is 89.0 Å². The first kappa shape index (κ1) is 21.0. The minimum Gasteiger partial charge on any atom is -0.0683 e. The fourth-order valence-corrected chi connectivity index (χ4v) is 3.53. The van der Waals surface area contributed by atoms with E-state index >= 15 is 0 Å². The molecule has 3 atom stereocenters. The van der Waals surface area contributed by atoms with Crippen molar-refractivity contribution in [2.24, 2.45) is 23.2 Å². The fraction of sp³-hybridized carbons (Fsp3) is 0.895. The third kappa shape index (κ3) is 3.86. The van der Waals surface area contributed by atoms with E-state index in [-0.39, 0.29) is 0 Å². The zero-order valence-electron chi connectivity index (χ0n) is 15.6. The maximum absolute atomic E-state index is 2.49. The van der Waals surface area contributed by atoms with Crippen LogP contribution in [0.2, 0.25) is 0 Å². The molecule has 0 spiro atoms. The summed E-state index contributed by atoms with van der Waals surface area (Å²) in [5.74, 6) is 2.80. The van der Waals surface area contributed by atoms with Crippen molar-refractivity contribution < 1.29 is 0 Å². The van der Waals surface area contributed by atoms with Crippen LogP contribution in [0.15, 0.2) is 11.1 Å². The molecular formula is C19H40. The minimum absolute atomic E-state index is 0.538. The smallest absolute Gasteiger partial charge is 0.00592 e. The van der Waals surface area contributed by atoms with Crippen LogP contribution in [-0.4, -0.2) is 0 Å². The summed E-state index contributed by atoms with van der Waals surface area (Å²) in [4.78, 5) is 0. The highest BCUT2D eigenvalue weighted by atomic mass is 14.6. The van der Waals surface area contributed by atoms with E-state index in [1.807, 2.05) is 41.5 Å². The molecule has 0 radical (unpaired) electrons. The van der Waals surface area contributed by atoms with Crippen LogP contribution in [0.3, 0.4) is 0 Å². The molecular weight excluding hydrogens is 228 g/mol. The summed E-state index contributed by atoms with van der Waals surface area (Å²) in [6, 6.07) is 0. The third-order valence-corrected chi connectivity index (χ3v) is 4.88. The van der Waals surface area contributed by atoms with Crippen LogP contribution in [0.1, 0.15) is 89.0 Å². The molecule has 2 aliphatic carbocycles. The van der Waals surface area contributed by atoms with Crippen LogP contribution >= 0.6 is 0 Å². The quantitative estimate of drug-likeness (QED) is 0.468. The highest BCUT2D eigenvalue weighted by molar-refractivity contribution is 5.37. The molecule has 0 saturated heterocycles. The van der Waals surface area contributed by atoms with Crippen molar-refractivity contribution in [3.05, 3.63) is 11.1 Å². The average Bonchev–Trinajstić information content (AvgIpc) is 3.21. The second-order valence-electron chi connectivity index (χ2n) is 5.39. The molecule has 0 aromatic rings. The minimum atomic E-state index is 0.538. The van der Waals surface area contributed by atoms with E-state index in [4.69, 9.17) is 0 Å². The lowest BCUT2D eigenvalue weighted by Crippen LogP contribution is -2.25. The largest absolute Gasteiger partial charge is 0.0683 e. The Hall–Kier alpha value is -0.260. The molecule has 0 aromatic heterocycles. The predicted octanol–water partition coefficient (Wildman–Crippen LogP) is 7.10. The van der Waals surface area contributed by atoms with Gasteiger partial charge < -0.3 is 0 Å². The number of rotatable bonds is 2. The van der Waals surface area contributed by atoms with Gasteiger partial charge in [-0.25, -0.2) is 0 Å². The summed E-state index contributed by atoms with van der Waals surface area (Å²) in [7, 11) is 0. The first-order valence-corrected chi connectivity index (χ1v) is 8.73. The topological polar surface area (TPSA) is 0 Å². The van der Waals surface area contributed by atoms with Crippen LogP contribution < -0.4 is 0 Å². The van der Waals surface area contributed by atoms with Crippen LogP contribution in [0.5, 0.6) is 0 Å². The third-order valence-electron chi connectivity index (χ3n) is 4.88. The van der Waals surface area contributed by atoms with Gasteiger partial charge in [-0.2, -0.15) is 0 Å². The molecule has 0 heterocycles. The summed E-state index contributed by atoms with van der Waals surface area (Å²) in [6.07, 6.45) is 2.77. The molecule has 2 rings (SSSR count). The van der Waals surface area contributed by atoms with Gasteiger partial charge in [-0.3, -0.25) is 0 Å². The molecule has 116 valence electrons. The van der Waals surface area contributed by atoms with Crippen LogP contribution in [0.25, 0.3) is 0 Å². The molecule has 3 unspecified atom stereocenters. The van der Waals surface area contributed by atoms with Gasteiger partial charge in [0.25, 0.3) is 0 Å². The number of fused-ring (bicyclic) bond motifs is 1. The lowest BCUT2D eigenvalue weighted by Gasteiger charge is -2.33. The van der Waals surface area contributed by atoms with E-state index in [0.717, 1.165) is 17.8 Å². The first-order chi connectivity index (χ1) is 9.03. The van der Waals surface area contributed by atoms with Gasteiger partial charge in [0, 0.05) is 0 Å². The van der Waals surface area contributed by atoms with Crippen LogP contribution in [0.4, 0.5) is 0 Å². The summed E-state index contributed by atoms with van der Waals surface area (Å²) in [5.41, 5.74) is 4.06. The Bertz CT molecular complexity index is 259. The molecule has 0 nitrogen and oxygen atoms in total. The second-order valence-corrected chi connectivity index (χ2v) is 5.39. The lowest BCUT2D eigenvalue weighted by molar-refractivity contribution is 0.240. The van der Waals surface area contributed by atoms with Crippen LogP contribution in [-0.2, 0) is 0 Å². The van der Waals surface area contributed by atoms with E-state index in [0.29, 0.717) is 5.41 Å². The molecule has 0 bridgehead atoms. The van der Waals surface area contributed by atoms with Crippen molar-refractivity contribution >= 4 is 0 Å². The van der Waals surface area contributed by atoms with E-state index in [1.165, 1.54) is 12.8 Å². The highest BCUT2D eigenvalue weighted by Gasteiger charge is 2.58. The maximum Gasteiger partial charge on any atom is -0.00592 e. The lowest BCUT2D eigenvalue weighted by atomic mass is 9.71. The van der Waals surface area contributed by atoms with Gasteiger partial charge in [0.2, 0.25) is 0 Å². The molecule has 0 heteroatoms. The van der Waals surface area contributed by atoms with Crippen molar-refractivity contribution in [1.29, 1.82) is 0 Å². The van der Waals surface area contributed by atoms with Crippen molar-refractivity contribution in [2.75, 3.05) is 0 Å². The molecule has 19 heavy (non-hydrogen) atoms. The van der Waals surface area contributed by atoms with Gasteiger partial charge >= 0.3 is 0 Å². The summed E-state index contributed by atoms with van der Waals surface area (Å²) in [5, 5.41) is 0. The SMILES string of the molecule is CC.CC.CC.CCC1=C(C)C(C)(C(C)C)C2CC12. The van der Waals surface area contributed by atoms with E-state index in [2.05, 4.69) is 34.6 Å². The van der Waals surface area contributed by atoms with Crippen molar-refractivity contribution in [1.82, 2.24) is 0 Å². The predicted molar refractivity (Wildman–Crippen MR) is 91.6 cm³/mol. The number of hydrogen-bond donors (Lipinski definition) is 0. The molecule has 0 aromatic carbocycles. The zero-order chi connectivity index (χ0) is 15.8. The van der Waals surface area contributed by atoms with Gasteiger partial charge in [0.1, 0.15) is 0 Å². The molecule has 2 aliphatic rings. The Morgan fingerprint density at radius 3 is 1.68 bits per heavy atom. The standard InChI is InChI=1S/C13H22.3C2H6/c1-6-10-9(4)13(5,8(2)3)12-7-11(10)12;3*1-2/h8,11-12H,6-7H2,1-5H3;3*1-2H3. The highest BCUT2D eigenvalue weighted by Crippen LogP contribution is 2.67. The molecule has 0 N–H and O–H groups in total. The van der Waals surface area contributed by atoms with E-state index < -0.39 is 0 Å². The average molecular weight is 269 g/mol. The monoisotopic (exact) mass is 268 g/mol. The Balaban J connectivity index is 0. The van der Waals surface area contributed by atoms with Crippen molar-refractivity contribution in [3.8, 4) is 0 Å². The second kappa shape index (κ2) is 9.61. The Kier molecular flexibility index (Phi) is 10.6. The maximum atomic E-state index is 2.49. The van der Waals surface area contributed by atoms with Gasteiger partial charge in [0.15, 0.2) is 0 Å². The molecule has 0 amide bonds. The van der Waals surface area contributed by atoms with Crippen molar-refractivity contribution in [3.63, 3.8) is 0 Å². The molecule has 0 aliphatic heterocycles. The van der Waals surface area contributed by atoms with Gasteiger partial charge in [0.05, 0.1) is 0 Å². The fourth-order valence-electron chi connectivity index (χ4n) is 3.53. The molecule has 1 saturated carbocycles. The first-order valence-electron chi connectivity index (χ1n) is 8.73. The normalized spacial score (nSPS) is 30.3. The molecule has 1 fully saturated rings. The van der Waals surface area contributed by atoms with Gasteiger partial charge in [-0.15, -0.1) is 0 Å². The zero-order valence-corrected chi connectivity index (χ0v) is 15.6. The number of allylic oxidation sites excluding steroid dienone is 2. The Morgan fingerprint density at radius 2 is 1.47 bits per heavy atom. The summed E-state index contributed by atoms with van der Waals surface area (Å²) >= 11 is 0. The summed E-state index contributed by atoms with van der Waals surface area (Å²) in [6.45, 7) is 24.0. The summed E-state index contributed by atoms with van der Waals surface area (Å²) < 4.78 is 0. The van der Waals surface area contributed by atoms with Crippen LogP contribution in [0, 0.1) is 23.2 Å². The van der Waals surface area contributed by atoms with Gasteiger partial charge in [-0.05, 0) is 42.9 Å². The van der Waals surface area contributed by atoms with Gasteiger partial charge in [-0.1, -0.05) is 80.4 Å². The Labute approximate surface area is 124 Å². The van der Waals surface area contributed by atoms with E-state index in [1.54, 1.807) is 11.1 Å². The number of hydrogen-bond acceptors (Lipinski definition) is 0. The Morgan fingerprint density at radius 1 is 1.05 bits per heavy atom.